The molecule has 0 unspecified atom stereocenters. The minimum Gasteiger partial charge on any atom is -0.384 e. The van der Waals surface area contributed by atoms with Gasteiger partial charge in [0, 0.05) is 6.04 Å². The van der Waals surface area contributed by atoms with Crippen LogP contribution < -0.4 is 5.32 Å². The minimum atomic E-state index is -0.672. The minimum absolute atomic E-state index is 0.189. The molecule has 1 saturated carbocycles. The Bertz CT molecular complexity index is 312. The Hall–Kier alpha value is -0.860. The molecular formula is C13H19NO. The van der Waals surface area contributed by atoms with E-state index in [1.807, 2.05) is 37.4 Å². The van der Waals surface area contributed by atoms with E-state index < -0.39 is 5.60 Å². The van der Waals surface area contributed by atoms with Crippen LogP contribution in [0.2, 0.25) is 0 Å². The van der Waals surface area contributed by atoms with Crippen molar-refractivity contribution in [2.45, 2.75) is 37.3 Å². The Morgan fingerprint density at radius 1 is 1.27 bits per heavy atom. The average Bonchev–Trinajstić information content (AvgIpc) is 2.31. The zero-order chi connectivity index (χ0) is 10.7. The van der Waals surface area contributed by atoms with Crippen molar-refractivity contribution in [3.63, 3.8) is 0 Å². The second-order valence-electron chi connectivity index (χ2n) is 4.38. The first-order valence-corrected chi connectivity index (χ1v) is 5.72. The van der Waals surface area contributed by atoms with Gasteiger partial charge >= 0.3 is 0 Å². The molecule has 2 rings (SSSR count). The highest BCUT2D eigenvalue weighted by Crippen LogP contribution is 2.36. The Labute approximate surface area is 91.3 Å². The van der Waals surface area contributed by atoms with Crippen LogP contribution in [0.4, 0.5) is 0 Å². The third-order valence-electron chi connectivity index (χ3n) is 3.50. The van der Waals surface area contributed by atoms with Gasteiger partial charge in [0.05, 0.1) is 0 Å². The predicted molar refractivity (Wildman–Crippen MR) is 61.7 cm³/mol. The van der Waals surface area contributed by atoms with Gasteiger partial charge in [-0.05, 0) is 25.5 Å². The van der Waals surface area contributed by atoms with Gasteiger partial charge in [0.15, 0.2) is 0 Å². The molecule has 2 N–H and O–H groups in total. The molecule has 0 bridgehead atoms. The van der Waals surface area contributed by atoms with E-state index in [1.165, 1.54) is 6.42 Å². The monoisotopic (exact) mass is 205 g/mol. The van der Waals surface area contributed by atoms with Crippen LogP contribution in [0.5, 0.6) is 0 Å². The molecule has 2 atom stereocenters. The molecule has 1 aliphatic carbocycles. The topological polar surface area (TPSA) is 32.3 Å². The number of hydrogen-bond acceptors (Lipinski definition) is 2. The summed E-state index contributed by atoms with van der Waals surface area (Å²) in [5, 5.41) is 14.0. The molecule has 0 radical (unpaired) electrons. The molecule has 0 aliphatic heterocycles. The summed E-state index contributed by atoms with van der Waals surface area (Å²) in [5.41, 5.74) is 0.373. The summed E-state index contributed by atoms with van der Waals surface area (Å²) in [6.07, 6.45) is 4.24. The highest BCUT2D eigenvalue weighted by molar-refractivity contribution is 5.25. The fourth-order valence-corrected chi connectivity index (χ4v) is 2.61. The van der Waals surface area contributed by atoms with Gasteiger partial charge in [-0.2, -0.15) is 0 Å². The average molecular weight is 205 g/mol. The molecule has 2 nitrogen and oxygen atoms in total. The van der Waals surface area contributed by atoms with Crippen LogP contribution in [0.15, 0.2) is 30.3 Å². The number of rotatable bonds is 2. The van der Waals surface area contributed by atoms with E-state index >= 15 is 0 Å². The van der Waals surface area contributed by atoms with Gasteiger partial charge < -0.3 is 10.4 Å². The van der Waals surface area contributed by atoms with Crippen molar-refractivity contribution in [2.75, 3.05) is 7.05 Å². The van der Waals surface area contributed by atoms with Crippen LogP contribution in [0.1, 0.15) is 31.2 Å². The fourth-order valence-electron chi connectivity index (χ4n) is 2.61. The molecule has 0 aromatic heterocycles. The SMILES string of the molecule is CN[C@@H]1CCCC[C@@]1(O)c1ccccc1. The summed E-state index contributed by atoms with van der Waals surface area (Å²) in [5.74, 6) is 0. The molecular weight excluding hydrogens is 186 g/mol. The maximum absolute atomic E-state index is 10.7. The van der Waals surface area contributed by atoms with Crippen LogP contribution in [-0.4, -0.2) is 18.2 Å². The summed E-state index contributed by atoms with van der Waals surface area (Å²) in [7, 11) is 1.93. The van der Waals surface area contributed by atoms with Gasteiger partial charge in [-0.25, -0.2) is 0 Å². The van der Waals surface area contributed by atoms with Crippen molar-refractivity contribution >= 4 is 0 Å². The van der Waals surface area contributed by atoms with Gasteiger partial charge in [0.25, 0.3) is 0 Å². The lowest BCUT2D eigenvalue weighted by molar-refractivity contribution is -0.0298. The lowest BCUT2D eigenvalue weighted by Gasteiger charge is -2.40. The number of nitrogens with one attached hydrogen (secondary N) is 1. The molecule has 82 valence electrons. The summed E-state index contributed by atoms with van der Waals surface area (Å²) in [6, 6.07) is 10.2. The summed E-state index contributed by atoms with van der Waals surface area (Å²) >= 11 is 0. The van der Waals surface area contributed by atoms with Crippen LogP contribution in [0.3, 0.4) is 0 Å². The molecule has 0 saturated heterocycles. The van der Waals surface area contributed by atoms with Crippen LogP contribution in [-0.2, 0) is 5.60 Å². The van der Waals surface area contributed by atoms with Gasteiger partial charge in [0.1, 0.15) is 5.60 Å². The lowest BCUT2D eigenvalue weighted by atomic mass is 9.76. The maximum Gasteiger partial charge on any atom is 0.105 e. The second-order valence-corrected chi connectivity index (χ2v) is 4.38. The van der Waals surface area contributed by atoms with E-state index in [0.717, 1.165) is 24.8 Å². The highest BCUT2D eigenvalue weighted by Gasteiger charge is 2.39. The first-order chi connectivity index (χ1) is 7.27. The van der Waals surface area contributed by atoms with E-state index in [-0.39, 0.29) is 6.04 Å². The smallest absolute Gasteiger partial charge is 0.105 e. The van der Waals surface area contributed by atoms with Gasteiger partial charge in [-0.1, -0.05) is 43.2 Å². The number of benzene rings is 1. The summed E-state index contributed by atoms with van der Waals surface area (Å²) in [6.45, 7) is 0. The van der Waals surface area contributed by atoms with E-state index in [1.54, 1.807) is 0 Å². The quantitative estimate of drug-likeness (QED) is 0.774. The predicted octanol–water partition coefficient (Wildman–Crippen LogP) is 2.04. The van der Waals surface area contributed by atoms with Crippen LogP contribution in [0, 0.1) is 0 Å². The maximum atomic E-state index is 10.7. The zero-order valence-corrected chi connectivity index (χ0v) is 9.24. The van der Waals surface area contributed by atoms with E-state index in [2.05, 4.69) is 5.32 Å². The molecule has 1 aromatic rings. The summed E-state index contributed by atoms with van der Waals surface area (Å²) in [4.78, 5) is 0. The molecule has 1 fully saturated rings. The Morgan fingerprint density at radius 2 is 2.00 bits per heavy atom. The second kappa shape index (κ2) is 4.33. The fraction of sp³-hybridized carbons (Fsp3) is 0.538. The van der Waals surface area contributed by atoms with Crippen molar-refractivity contribution < 1.29 is 5.11 Å². The van der Waals surface area contributed by atoms with E-state index in [9.17, 15) is 5.11 Å². The van der Waals surface area contributed by atoms with Crippen LogP contribution in [0.25, 0.3) is 0 Å². The molecule has 15 heavy (non-hydrogen) atoms. The van der Waals surface area contributed by atoms with Crippen molar-refractivity contribution in [2.24, 2.45) is 0 Å². The summed E-state index contributed by atoms with van der Waals surface area (Å²) < 4.78 is 0. The van der Waals surface area contributed by atoms with Crippen LogP contribution >= 0.6 is 0 Å². The third kappa shape index (κ3) is 1.92. The lowest BCUT2D eigenvalue weighted by Crippen LogP contribution is -2.49. The van der Waals surface area contributed by atoms with Crippen molar-refractivity contribution in [1.82, 2.24) is 5.32 Å². The molecule has 1 aliphatic rings. The first-order valence-electron chi connectivity index (χ1n) is 5.72. The molecule has 0 amide bonds. The van der Waals surface area contributed by atoms with Gasteiger partial charge in [-0.3, -0.25) is 0 Å². The van der Waals surface area contributed by atoms with E-state index in [4.69, 9.17) is 0 Å². The zero-order valence-electron chi connectivity index (χ0n) is 9.24. The van der Waals surface area contributed by atoms with Gasteiger partial charge in [0.2, 0.25) is 0 Å². The Morgan fingerprint density at radius 3 is 2.67 bits per heavy atom. The Balaban J connectivity index is 2.30. The third-order valence-corrected chi connectivity index (χ3v) is 3.50. The van der Waals surface area contributed by atoms with Crippen molar-refractivity contribution in [3.05, 3.63) is 35.9 Å². The van der Waals surface area contributed by atoms with Crippen molar-refractivity contribution in [3.8, 4) is 0 Å². The molecule has 1 aromatic carbocycles. The number of hydrogen-bond donors (Lipinski definition) is 2. The van der Waals surface area contributed by atoms with Gasteiger partial charge in [-0.15, -0.1) is 0 Å². The van der Waals surface area contributed by atoms with Crippen molar-refractivity contribution in [1.29, 1.82) is 0 Å². The normalized spacial score (nSPS) is 31.5. The first kappa shape index (κ1) is 10.7. The number of aliphatic hydroxyl groups is 1. The standard InChI is InChI=1S/C13H19NO/c1-14-12-9-5-6-10-13(12,15)11-7-3-2-4-8-11/h2-4,7-8,12,14-15H,5-6,9-10H2,1H3/t12-,13-/m1/s1. The molecule has 0 spiro atoms. The van der Waals surface area contributed by atoms with E-state index in [0.29, 0.717) is 0 Å². The molecule has 0 heterocycles. The number of likely N-dealkylation sites (N-methyl/N-ethyl adjacent to an activating group) is 1. The molecule has 2 heteroatoms. The largest absolute Gasteiger partial charge is 0.384 e. The highest BCUT2D eigenvalue weighted by atomic mass is 16.3. The Kier molecular flexibility index (Phi) is 3.08.